The van der Waals surface area contributed by atoms with Crippen LogP contribution in [0.2, 0.25) is 0 Å². The molecule has 4 fully saturated rings. The van der Waals surface area contributed by atoms with Gasteiger partial charge in [-0.3, -0.25) is 14.5 Å². The summed E-state index contributed by atoms with van der Waals surface area (Å²) >= 11 is 0. The average Bonchev–Trinajstić information content (AvgIpc) is 3.36. The molecule has 206 valence electrons. The van der Waals surface area contributed by atoms with Gasteiger partial charge in [0, 0.05) is 38.8 Å². The molecule has 1 unspecified atom stereocenters. The van der Waals surface area contributed by atoms with Crippen LogP contribution in [0.3, 0.4) is 0 Å². The van der Waals surface area contributed by atoms with Crippen LogP contribution in [-0.4, -0.2) is 66.6 Å². The summed E-state index contributed by atoms with van der Waals surface area (Å²) in [5.74, 6) is 1.65. The highest BCUT2D eigenvalue weighted by atomic mass is 16.7. The highest BCUT2D eigenvalue weighted by Gasteiger charge is 2.53. The third kappa shape index (κ3) is 6.48. The number of benzene rings is 2. The number of carbonyl (C=O) groups excluding carboxylic acids is 1. The van der Waals surface area contributed by atoms with Crippen molar-refractivity contribution in [2.24, 2.45) is 17.3 Å². The average molecular weight is 519 g/mol. The third-order valence-electron chi connectivity index (χ3n) is 9.30. The highest BCUT2D eigenvalue weighted by molar-refractivity contribution is 5.82. The minimum Gasteiger partial charge on any atom is -0.352 e. The van der Waals surface area contributed by atoms with Crippen molar-refractivity contribution in [3.05, 3.63) is 71.3 Å². The fourth-order valence-corrected chi connectivity index (χ4v) is 6.72. The summed E-state index contributed by atoms with van der Waals surface area (Å²) in [4.78, 5) is 24.0. The molecule has 1 saturated heterocycles. The Morgan fingerprint density at radius 2 is 1.63 bits per heavy atom. The van der Waals surface area contributed by atoms with Crippen LogP contribution in [0.4, 0.5) is 0 Å². The second kappa shape index (κ2) is 11.9. The Hall–Kier alpha value is -2.25. The molecule has 1 N–H and O–H groups in total. The van der Waals surface area contributed by atoms with Crippen LogP contribution in [0.5, 0.6) is 0 Å². The van der Waals surface area contributed by atoms with E-state index >= 15 is 0 Å². The number of hydrogen-bond donors (Lipinski definition) is 1. The van der Waals surface area contributed by atoms with E-state index in [0.717, 1.165) is 57.3 Å². The first-order valence-corrected chi connectivity index (χ1v) is 14.5. The minimum atomic E-state index is -0.209. The molecule has 2 aromatic carbocycles. The largest absolute Gasteiger partial charge is 0.352 e. The summed E-state index contributed by atoms with van der Waals surface area (Å²) in [5, 5.41) is 5.30. The summed E-state index contributed by atoms with van der Waals surface area (Å²) in [7, 11) is 4.25. The molecule has 0 spiro atoms. The Morgan fingerprint density at radius 3 is 2.34 bits per heavy atom. The maximum atomic E-state index is 13.3. The SMILES string of the molecule is CN(C)CCN(Cc1ccccc1)Cc1cccc(CN2OCC[C@H]2C(=O)NC2C[C@@H]3C[C@H](C2)C3(C)C)c1. The number of hydroxylamine groups is 2. The van der Waals surface area contributed by atoms with Crippen molar-refractivity contribution in [1.82, 2.24) is 20.2 Å². The molecule has 6 heteroatoms. The van der Waals surface area contributed by atoms with Crippen LogP contribution in [0.1, 0.15) is 56.2 Å². The second-order valence-corrected chi connectivity index (χ2v) is 12.7. The molecule has 1 amide bonds. The van der Waals surface area contributed by atoms with Gasteiger partial charge in [0.15, 0.2) is 0 Å². The van der Waals surface area contributed by atoms with Gasteiger partial charge in [0.1, 0.15) is 6.04 Å². The summed E-state index contributed by atoms with van der Waals surface area (Å²) < 4.78 is 0. The van der Waals surface area contributed by atoms with Crippen LogP contribution >= 0.6 is 0 Å². The number of nitrogens with one attached hydrogen (secondary N) is 1. The van der Waals surface area contributed by atoms with Gasteiger partial charge in [0.25, 0.3) is 0 Å². The lowest BCUT2D eigenvalue weighted by atomic mass is 9.48. The normalized spacial score (nSPS) is 26.5. The van der Waals surface area contributed by atoms with Crippen LogP contribution in [-0.2, 0) is 29.3 Å². The van der Waals surface area contributed by atoms with Crippen LogP contribution in [0.15, 0.2) is 54.6 Å². The lowest BCUT2D eigenvalue weighted by Gasteiger charge is -2.59. The van der Waals surface area contributed by atoms with Gasteiger partial charge in [-0.1, -0.05) is 68.4 Å². The summed E-state index contributed by atoms with van der Waals surface area (Å²) in [6.45, 7) is 9.87. The van der Waals surface area contributed by atoms with Gasteiger partial charge < -0.3 is 10.2 Å². The molecule has 6 rings (SSSR count). The van der Waals surface area contributed by atoms with Crippen LogP contribution < -0.4 is 5.32 Å². The molecule has 0 radical (unpaired) electrons. The van der Waals surface area contributed by atoms with Gasteiger partial charge in [0.2, 0.25) is 5.91 Å². The van der Waals surface area contributed by atoms with Crippen molar-refractivity contribution in [1.29, 1.82) is 0 Å². The van der Waals surface area contributed by atoms with E-state index in [0.29, 0.717) is 24.6 Å². The fraction of sp³-hybridized carbons (Fsp3) is 0.594. The zero-order chi connectivity index (χ0) is 26.7. The van der Waals surface area contributed by atoms with Crippen molar-refractivity contribution in [3.63, 3.8) is 0 Å². The lowest BCUT2D eigenvalue weighted by molar-refractivity contribution is -0.159. The van der Waals surface area contributed by atoms with Crippen molar-refractivity contribution in [2.45, 2.75) is 71.2 Å². The van der Waals surface area contributed by atoms with Gasteiger partial charge in [-0.05, 0) is 73.7 Å². The zero-order valence-electron chi connectivity index (χ0n) is 23.7. The van der Waals surface area contributed by atoms with Crippen molar-refractivity contribution < 1.29 is 9.63 Å². The number of fused-ring (bicyclic) bond motifs is 2. The number of carbonyl (C=O) groups is 1. The van der Waals surface area contributed by atoms with Crippen LogP contribution in [0, 0.1) is 17.3 Å². The standard InChI is InChI=1S/C32H46N4O2/c1-32(2)27-18-28(32)20-29(19-27)33-31(37)30-13-16-38-36(30)23-26-12-8-11-25(17-26)22-35(15-14-34(3)4)21-24-9-6-5-7-10-24/h5-12,17,27-30H,13-16,18-23H2,1-4H3,(H,33,37)/t27-,28+,29?,30-/m0/s1. The minimum absolute atomic E-state index is 0.139. The quantitative estimate of drug-likeness (QED) is 0.467. The Morgan fingerprint density at radius 1 is 0.947 bits per heavy atom. The summed E-state index contributed by atoms with van der Waals surface area (Å²) in [6, 6.07) is 19.6. The van der Waals surface area contributed by atoms with E-state index in [-0.39, 0.29) is 11.9 Å². The number of rotatable bonds is 11. The Bertz CT molecular complexity index is 1060. The summed E-state index contributed by atoms with van der Waals surface area (Å²) in [5.41, 5.74) is 4.27. The predicted octanol–water partition coefficient (Wildman–Crippen LogP) is 4.70. The van der Waals surface area contributed by atoms with E-state index in [1.807, 2.05) is 5.06 Å². The van der Waals surface area contributed by atoms with Gasteiger partial charge >= 0.3 is 0 Å². The molecule has 3 saturated carbocycles. The Balaban J connectivity index is 1.18. The Kier molecular flexibility index (Phi) is 8.53. The van der Waals surface area contributed by atoms with Gasteiger partial charge in [-0.2, -0.15) is 5.06 Å². The van der Waals surface area contributed by atoms with E-state index in [9.17, 15) is 4.79 Å². The molecular weight excluding hydrogens is 472 g/mol. The molecule has 4 aliphatic rings. The van der Waals surface area contributed by atoms with Crippen LogP contribution in [0.25, 0.3) is 0 Å². The van der Waals surface area contributed by atoms with E-state index in [4.69, 9.17) is 4.84 Å². The van der Waals surface area contributed by atoms with Gasteiger partial charge in [-0.25, -0.2) is 0 Å². The number of likely N-dealkylation sites (N-methyl/N-ethyl adjacent to an activating group) is 1. The third-order valence-corrected chi connectivity index (χ3v) is 9.30. The molecule has 2 bridgehead atoms. The van der Waals surface area contributed by atoms with Gasteiger partial charge in [-0.15, -0.1) is 0 Å². The van der Waals surface area contributed by atoms with E-state index < -0.39 is 0 Å². The molecular formula is C32H46N4O2. The maximum Gasteiger partial charge on any atom is 0.240 e. The number of nitrogens with zero attached hydrogens (tertiary/aromatic N) is 3. The maximum absolute atomic E-state index is 13.3. The fourth-order valence-electron chi connectivity index (χ4n) is 6.72. The van der Waals surface area contributed by atoms with Crippen molar-refractivity contribution in [2.75, 3.05) is 33.8 Å². The first-order valence-electron chi connectivity index (χ1n) is 14.5. The zero-order valence-corrected chi connectivity index (χ0v) is 23.7. The van der Waals surface area contributed by atoms with E-state index in [1.165, 1.54) is 23.1 Å². The highest BCUT2D eigenvalue weighted by Crippen LogP contribution is 2.59. The number of hydrogen-bond acceptors (Lipinski definition) is 5. The molecule has 3 aliphatic carbocycles. The van der Waals surface area contributed by atoms with E-state index in [2.05, 4.69) is 97.7 Å². The van der Waals surface area contributed by atoms with Gasteiger partial charge in [0.05, 0.1) is 6.61 Å². The first-order chi connectivity index (χ1) is 18.3. The predicted molar refractivity (Wildman–Crippen MR) is 152 cm³/mol. The van der Waals surface area contributed by atoms with Crippen molar-refractivity contribution >= 4 is 5.91 Å². The van der Waals surface area contributed by atoms with E-state index in [1.54, 1.807) is 0 Å². The lowest BCUT2D eigenvalue weighted by Crippen LogP contribution is -2.57. The molecule has 2 aromatic rings. The molecule has 4 atom stereocenters. The molecule has 1 heterocycles. The summed E-state index contributed by atoms with van der Waals surface area (Å²) in [6.07, 6.45) is 4.34. The first kappa shape index (κ1) is 27.3. The van der Waals surface area contributed by atoms with Crippen molar-refractivity contribution in [3.8, 4) is 0 Å². The number of amides is 1. The smallest absolute Gasteiger partial charge is 0.240 e. The Labute approximate surface area is 229 Å². The molecule has 0 aromatic heterocycles. The molecule has 1 aliphatic heterocycles. The monoisotopic (exact) mass is 518 g/mol. The topological polar surface area (TPSA) is 48.1 Å². The second-order valence-electron chi connectivity index (χ2n) is 12.7. The molecule has 6 nitrogen and oxygen atoms in total. The molecule has 38 heavy (non-hydrogen) atoms.